The van der Waals surface area contributed by atoms with Crippen LogP contribution in [0.15, 0.2) is 12.1 Å². The Kier molecular flexibility index (Phi) is 4.12. The first kappa shape index (κ1) is 12.8. The number of nitrogens with two attached hydrogens (primary N) is 1. The topological polar surface area (TPSA) is 44.5 Å². The Balaban J connectivity index is 3.37. The minimum Gasteiger partial charge on any atom is -0.493 e. The van der Waals surface area contributed by atoms with Crippen LogP contribution in [0.25, 0.3) is 0 Å². The van der Waals surface area contributed by atoms with Crippen LogP contribution in [-0.2, 0) is 0 Å². The summed E-state index contributed by atoms with van der Waals surface area (Å²) in [7, 11) is 3.07. The van der Waals surface area contributed by atoms with Crippen molar-refractivity contribution in [1.82, 2.24) is 0 Å². The molecule has 90 valence electrons. The van der Waals surface area contributed by atoms with Crippen molar-refractivity contribution in [2.75, 3.05) is 14.2 Å². The highest BCUT2D eigenvalue weighted by Gasteiger charge is 2.17. The normalized spacial score (nSPS) is 14.4. The Bertz CT molecular complexity index is 364. The fraction of sp³-hybridized carbons (Fsp3) is 0.500. The molecule has 0 saturated carbocycles. The molecule has 0 aliphatic carbocycles. The number of alkyl halides is 1. The molecule has 0 aliphatic rings. The maximum atomic E-state index is 13.3. The van der Waals surface area contributed by atoms with E-state index in [1.165, 1.54) is 14.0 Å². The third kappa shape index (κ3) is 2.44. The molecule has 0 radical (unpaired) electrons. The molecule has 0 heterocycles. The lowest BCUT2D eigenvalue weighted by Crippen LogP contribution is -2.09. The minimum absolute atomic E-state index is 0.234. The molecule has 0 amide bonds. The van der Waals surface area contributed by atoms with Gasteiger partial charge in [0, 0.05) is 11.6 Å². The summed E-state index contributed by atoms with van der Waals surface area (Å²) in [5.41, 5.74) is 7.12. The smallest absolute Gasteiger partial charge is 0.165 e. The van der Waals surface area contributed by atoms with Gasteiger partial charge in [-0.15, -0.1) is 0 Å². The summed E-state index contributed by atoms with van der Waals surface area (Å²) in [6.07, 6.45) is -1.06. The number of hydrogen-bond donors (Lipinski definition) is 1. The van der Waals surface area contributed by atoms with Crippen molar-refractivity contribution >= 4 is 0 Å². The molecule has 1 aromatic rings. The molecule has 0 bridgehead atoms. The summed E-state index contributed by atoms with van der Waals surface area (Å²) >= 11 is 0. The van der Waals surface area contributed by atoms with Gasteiger partial charge in [0.05, 0.1) is 14.2 Å². The van der Waals surface area contributed by atoms with Crippen LogP contribution >= 0.6 is 0 Å². The molecule has 0 fully saturated rings. The minimum atomic E-state index is -1.06. The van der Waals surface area contributed by atoms with Gasteiger partial charge in [-0.3, -0.25) is 0 Å². The van der Waals surface area contributed by atoms with Crippen LogP contribution < -0.4 is 15.2 Å². The Hall–Kier alpha value is -1.29. The van der Waals surface area contributed by atoms with E-state index in [0.717, 1.165) is 5.56 Å². The highest BCUT2D eigenvalue weighted by atomic mass is 19.1. The lowest BCUT2D eigenvalue weighted by atomic mass is 10.0. The molecule has 0 aliphatic heterocycles. The Morgan fingerprint density at radius 3 is 2.19 bits per heavy atom. The van der Waals surface area contributed by atoms with Crippen LogP contribution in [0, 0.1) is 0 Å². The summed E-state index contributed by atoms with van der Waals surface area (Å²) in [5.74, 6) is 1.08. The van der Waals surface area contributed by atoms with E-state index >= 15 is 0 Å². The zero-order valence-corrected chi connectivity index (χ0v) is 10.1. The largest absolute Gasteiger partial charge is 0.493 e. The van der Waals surface area contributed by atoms with Gasteiger partial charge >= 0.3 is 0 Å². The van der Waals surface area contributed by atoms with E-state index in [2.05, 4.69) is 0 Å². The summed E-state index contributed by atoms with van der Waals surface area (Å²) in [4.78, 5) is 0. The number of hydrogen-bond acceptors (Lipinski definition) is 3. The van der Waals surface area contributed by atoms with Crippen molar-refractivity contribution in [2.45, 2.75) is 26.1 Å². The van der Waals surface area contributed by atoms with E-state index in [1.54, 1.807) is 19.2 Å². The van der Waals surface area contributed by atoms with Crippen LogP contribution in [0.4, 0.5) is 4.39 Å². The first-order chi connectivity index (χ1) is 7.51. The van der Waals surface area contributed by atoms with Crippen molar-refractivity contribution in [2.24, 2.45) is 5.73 Å². The third-order valence-corrected chi connectivity index (χ3v) is 2.48. The molecule has 4 heteroatoms. The van der Waals surface area contributed by atoms with E-state index in [9.17, 15) is 4.39 Å². The zero-order chi connectivity index (χ0) is 12.3. The summed E-state index contributed by atoms with van der Waals surface area (Å²) in [6.45, 7) is 3.30. The zero-order valence-electron chi connectivity index (χ0n) is 10.1. The van der Waals surface area contributed by atoms with E-state index in [0.29, 0.717) is 17.1 Å². The number of methoxy groups -OCH3 is 2. The molecule has 0 spiro atoms. The number of benzene rings is 1. The van der Waals surface area contributed by atoms with Gasteiger partial charge in [-0.2, -0.15) is 0 Å². The van der Waals surface area contributed by atoms with Crippen molar-refractivity contribution in [1.29, 1.82) is 0 Å². The molecule has 1 rings (SSSR count). The molecule has 0 aromatic heterocycles. The second-order valence-corrected chi connectivity index (χ2v) is 3.75. The van der Waals surface area contributed by atoms with E-state index < -0.39 is 6.17 Å². The van der Waals surface area contributed by atoms with Crippen molar-refractivity contribution in [3.05, 3.63) is 23.3 Å². The molecule has 16 heavy (non-hydrogen) atoms. The second kappa shape index (κ2) is 5.16. The standard InChI is InChI=1S/C12H18FNO2/c1-7(13)9-5-10(8(2)14)12(16-4)11(6-9)15-3/h5-8H,14H2,1-4H3. The molecular formula is C12H18FNO2. The van der Waals surface area contributed by atoms with E-state index in [4.69, 9.17) is 15.2 Å². The van der Waals surface area contributed by atoms with Gasteiger partial charge in [0.15, 0.2) is 11.5 Å². The predicted molar refractivity (Wildman–Crippen MR) is 61.7 cm³/mol. The third-order valence-electron chi connectivity index (χ3n) is 2.48. The van der Waals surface area contributed by atoms with Gasteiger partial charge in [-0.1, -0.05) is 0 Å². The lowest BCUT2D eigenvalue weighted by Gasteiger charge is -2.17. The fourth-order valence-electron chi connectivity index (χ4n) is 1.58. The van der Waals surface area contributed by atoms with Gasteiger partial charge < -0.3 is 15.2 Å². The molecule has 2 atom stereocenters. The fourth-order valence-corrected chi connectivity index (χ4v) is 1.58. The molecule has 0 saturated heterocycles. The quantitative estimate of drug-likeness (QED) is 0.860. The van der Waals surface area contributed by atoms with Crippen molar-refractivity contribution < 1.29 is 13.9 Å². The van der Waals surface area contributed by atoms with Crippen LogP contribution in [0.3, 0.4) is 0 Å². The van der Waals surface area contributed by atoms with Crippen LogP contribution in [-0.4, -0.2) is 14.2 Å². The average molecular weight is 227 g/mol. The molecule has 1 aromatic carbocycles. The monoisotopic (exact) mass is 227 g/mol. The maximum Gasteiger partial charge on any atom is 0.165 e. The van der Waals surface area contributed by atoms with Crippen molar-refractivity contribution in [3.8, 4) is 11.5 Å². The first-order valence-electron chi connectivity index (χ1n) is 5.16. The highest BCUT2D eigenvalue weighted by molar-refractivity contribution is 5.51. The van der Waals surface area contributed by atoms with E-state index in [1.807, 2.05) is 6.92 Å². The highest BCUT2D eigenvalue weighted by Crippen LogP contribution is 2.37. The average Bonchev–Trinajstić information content (AvgIpc) is 2.26. The first-order valence-corrected chi connectivity index (χ1v) is 5.16. The number of halogens is 1. The van der Waals surface area contributed by atoms with Gasteiger partial charge in [-0.25, -0.2) is 4.39 Å². The van der Waals surface area contributed by atoms with Gasteiger partial charge in [-0.05, 0) is 31.5 Å². The predicted octanol–water partition coefficient (Wildman–Crippen LogP) is 2.75. The molecule has 2 unspecified atom stereocenters. The maximum absolute atomic E-state index is 13.3. The Morgan fingerprint density at radius 1 is 1.19 bits per heavy atom. The van der Waals surface area contributed by atoms with Crippen LogP contribution in [0.1, 0.15) is 37.2 Å². The van der Waals surface area contributed by atoms with E-state index in [-0.39, 0.29) is 6.04 Å². The number of ether oxygens (including phenoxy) is 2. The lowest BCUT2D eigenvalue weighted by molar-refractivity contribution is 0.342. The van der Waals surface area contributed by atoms with Crippen LogP contribution in [0.2, 0.25) is 0 Å². The number of rotatable bonds is 4. The molecular weight excluding hydrogens is 209 g/mol. The van der Waals surface area contributed by atoms with Gasteiger partial charge in [0.1, 0.15) is 6.17 Å². The summed E-state index contributed by atoms with van der Waals surface area (Å²) in [6, 6.07) is 3.12. The summed E-state index contributed by atoms with van der Waals surface area (Å²) < 4.78 is 23.7. The SMILES string of the molecule is COc1cc(C(C)F)cc(C(C)N)c1OC. The Morgan fingerprint density at radius 2 is 1.81 bits per heavy atom. The van der Waals surface area contributed by atoms with Gasteiger partial charge in [0.25, 0.3) is 0 Å². The van der Waals surface area contributed by atoms with Gasteiger partial charge in [0.2, 0.25) is 0 Å². The molecule has 3 nitrogen and oxygen atoms in total. The van der Waals surface area contributed by atoms with Crippen LogP contribution in [0.5, 0.6) is 11.5 Å². The Labute approximate surface area is 95.4 Å². The van der Waals surface area contributed by atoms with Crippen molar-refractivity contribution in [3.63, 3.8) is 0 Å². The molecule has 2 N–H and O–H groups in total. The summed E-state index contributed by atoms with van der Waals surface area (Å²) in [5, 5.41) is 0. The second-order valence-electron chi connectivity index (χ2n) is 3.75.